The number of hydrogen-bond acceptors (Lipinski definition) is 0. The van der Waals surface area contributed by atoms with Crippen LogP contribution in [-0.4, -0.2) is 81.9 Å². The minimum absolute atomic E-state index is 0. The molecule has 0 atom stereocenters. The summed E-state index contributed by atoms with van der Waals surface area (Å²) in [5, 5.41) is 0. The van der Waals surface area contributed by atoms with Crippen LogP contribution in [-0.2, 0) is 0 Å². The molecule has 12 radical (unpaired) electrons. The van der Waals surface area contributed by atoms with Gasteiger partial charge in [0.15, 0.2) is 0 Å². The van der Waals surface area contributed by atoms with Gasteiger partial charge in [0.05, 0.1) is 0 Å². The van der Waals surface area contributed by atoms with Gasteiger partial charge in [0.1, 0.15) is 0 Å². The molecule has 0 aliphatic rings. The van der Waals surface area contributed by atoms with Crippen molar-refractivity contribution in [3.8, 4) is 0 Å². The predicted octanol–water partition coefficient (Wildman–Crippen LogP) is -1.14. The van der Waals surface area contributed by atoms with Crippen molar-refractivity contribution < 1.29 is 38.2 Å². The van der Waals surface area contributed by atoms with Crippen molar-refractivity contribution in [3.05, 3.63) is 0 Å². The normalized spacial score (nSPS) is 0. The van der Waals surface area contributed by atoms with Crippen LogP contribution < -0.4 is 0 Å². The Bertz CT molecular complexity index is 3.25. The molecule has 0 aromatic rings. The second kappa shape index (κ2) is 15.7. The Morgan fingerprint density at radius 2 is 0.500 bits per heavy atom. The van der Waals surface area contributed by atoms with Crippen molar-refractivity contribution in [1.82, 2.24) is 0 Å². The monoisotopic (exact) mass is 788 g/mol. The third-order valence-corrected chi connectivity index (χ3v) is 0. The Kier molecular flexibility index (Phi) is 96.1. The van der Waals surface area contributed by atoms with E-state index in [0.717, 1.165) is 0 Å². The largest absolute Gasteiger partial charge is 0 e. The summed E-state index contributed by atoms with van der Waals surface area (Å²) in [7, 11) is 0. The van der Waals surface area contributed by atoms with Crippen molar-refractivity contribution in [2.24, 2.45) is 0 Å². The molecule has 0 N–H and O–H groups in total. The molecular formula is DyPb3. The summed E-state index contributed by atoms with van der Waals surface area (Å²) in [6, 6.07) is 0. The van der Waals surface area contributed by atoms with Crippen LogP contribution in [0.3, 0.4) is 0 Å². The molecule has 4 heavy (non-hydrogen) atoms. The van der Waals surface area contributed by atoms with E-state index < -0.39 is 0 Å². The van der Waals surface area contributed by atoms with Gasteiger partial charge in [-0.2, -0.15) is 0 Å². The van der Waals surface area contributed by atoms with E-state index in [1.54, 1.807) is 0 Å². The SMILES string of the molecule is [Dy].[Pb].[Pb].[Pb]. The molecule has 0 aliphatic carbocycles. The van der Waals surface area contributed by atoms with Crippen LogP contribution in [0.1, 0.15) is 0 Å². The van der Waals surface area contributed by atoms with Crippen LogP contribution >= 0.6 is 0 Å². The Balaban J connectivity index is 0. The molecule has 0 heterocycles. The molecule has 0 saturated carbocycles. The number of rotatable bonds is 0. The summed E-state index contributed by atoms with van der Waals surface area (Å²) in [6.07, 6.45) is 0. The van der Waals surface area contributed by atoms with Crippen molar-refractivity contribution in [3.63, 3.8) is 0 Å². The van der Waals surface area contributed by atoms with Crippen LogP contribution in [0.2, 0.25) is 0 Å². The van der Waals surface area contributed by atoms with Crippen molar-refractivity contribution in [2.45, 2.75) is 0 Å². The number of hydrogen-bond donors (Lipinski definition) is 0. The first-order valence-corrected chi connectivity index (χ1v) is 0. The van der Waals surface area contributed by atoms with Gasteiger partial charge in [0, 0.05) is 120 Å². The van der Waals surface area contributed by atoms with Gasteiger partial charge in [-0.3, -0.25) is 0 Å². The molecule has 0 amide bonds. The first-order valence-electron chi connectivity index (χ1n) is 0. The van der Waals surface area contributed by atoms with Gasteiger partial charge in [-0.15, -0.1) is 0 Å². The Labute approximate surface area is 117 Å². The van der Waals surface area contributed by atoms with Crippen LogP contribution in [0.5, 0.6) is 0 Å². The van der Waals surface area contributed by atoms with Gasteiger partial charge in [-0.25, -0.2) is 0 Å². The van der Waals surface area contributed by atoms with Gasteiger partial charge in [-0.1, -0.05) is 0 Å². The van der Waals surface area contributed by atoms with E-state index in [2.05, 4.69) is 0 Å². The molecule has 0 unspecified atom stereocenters. The summed E-state index contributed by atoms with van der Waals surface area (Å²) >= 11 is 0. The quantitative estimate of drug-likeness (QED) is 0.273. The molecule has 0 aromatic carbocycles. The van der Waals surface area contributed by atoms with Gasteiger partial charge in [0.25, 0.3) is 0 Å². The second-order valence-corrected chi connectivity index (χ2v) is 0. The van der Waals surface area contributed by atoms with Crippen LogP contribution in [0, 0.1) is 38.2 Å². The molecule has 0 fully saturated rings. The smallest absolute Gasteiger partial charge is 0 e. The van der Waals surface area contributed by atoms with Crippen molar-refractivity contribution >= 4 is 81.9 Å². The molecule has 0 nitrogen and oxygen atoms in total. The van der Waals surface area contributed by atoms with Crippen LogP contribution in [0.15, 0.2) is 0 Å². The summed E-state index contributed by atoms with van der Waals surface area (Å²) < 4.78 is 0. The zero-order valence-electron chi connectivity index (χ0n) is 1.82. The Morgan fingerprint density at radius 1 is 0.500 bits per heavy atom. The molecule has 4 heteroatoms. The minimum atomic E-state index is 0. The van der Waals surface area contributed by atoms with E-state index in [1.165, 1.54) is 0 Å². The standard InChI is InChI=1S/Dy.3Pb. The minimum Gasteiger partial charge on any atom is 0 e. The average molecular weight is 784 g/mol. The van der Waals surface area contributed by atoms with E-state index in [4.69, 9.17) is 0 Å². The summed E-state index contributed by atoms with van der Waals surface area (Å²) in [5.74, 6) is 0. The fraction of sp³-hybridized carbons (Fsp3) is 0. The van der Waals surface area contributed by atoms with Gasteiger partial charge in [0.2, 0.25) is 0 Å². The van der Waals surface area contributed by atoms with E-state index in [0.29, 0.717) is 0 Å². The van der Waals surface area contributed by atoms with E-state index in [9.17, 15) is 0 Å². The average Bonchev–Trinajstić information content (AvgIpc) is 0. The van der Waals surface area contributed by atoms with Crippen molar-refractivity contribution in [2.75, 3.05) is 0 Å². The maximum atomic E-state index is 0. The fourth-order valence-corrected chi connectivity index (χ4v) is 0. The predicted molar refractivity (Wildman–Crippen MR) is 17.3 cm³/mol. The molecule has 0 saturated heterocycles. The van der Waals surface area contributed by atoms with E-state index in [-0.39, 0.29) is 120 Å². The van der Waals surface area contributed by atoms with Gasteiger partial charge < -0.3 is 0 Å². The fourth-order valence-electron chi connectivity index (χ4n) is 0. The first kappa shape index (κ1) is 24.4. The van der Waals surface area contributed by atoms with Crippen LogP contribution in [0.4, 0.5) is 0 Å². The summed E-state index contributed by atoms with van der Waals surface area (Å²) in [5.41, 5.74) is 0. The maximum absolute atomic E-state index is 0. The molecule has 0 aliphatic heterocycles. The van der Waals surface area contributed by atoms with Crippen LogP contribution in [0.25, 0.3) is 0 Å². The maximum Gasteiger partial charge on any atom is 0 e. The Hall–Kier alpha value is 4.04. The molecule has 22 valence electrons. The summed E-state index contributed by atoms with van der Waals surface area (Å²) in [6.45, 7) is 0. The molecule has 0 aromatic heterocycles. The molecule has 0 bridgehead atoms. The molecule has 0 spiro atoms. The first-order chi connectivity index (χ1) is 0. The second-order valence-electron chi connectivity index (χ2n) is 0. The molecular weight excluding hydrogens is 784 g/mol. The zero-order chi connectivity index (χ0) is 0. The molecule has 0 rings (SSSR count). The van der Waals surface area contributed by atoms with Gasteiger partial charge in [-0.05, 0) is 0 Å². The van der Waals surface area contributed by atoms with E-state index in [1.807, 2.05) is 0 Å². The van der Waals surface area contributed by atoms with E-state index >= 15 is 0 Å². The third kappa shape index (κ3) is 9.40. The summed E-state index contributed by atoms with van der Waals surface area (Å²) in [4.78, 5) is 0. The zero-order valence-corrected chi connectivity index (χ0v) is 15.5. The Morgan fingerprint density at radius 3 is 0.500 bits per heavy atom. The topological polar surface area (TPSA) is 0 Å². The van der Waals surface area contributed by atoms with Crippen molar-refractivity contribution in [1.29, 1.82) is 0 Å². The third-order valence-electron chi connectivity index (χ3n) is 0. The van der Waals surface area contributed by atoms with Gasteiger partial charge >= 0.3 is 0 Å².